The van der Waals surface area contributed by atoms with E-state index in [1.54, 1.807) is 24.3 Å². The van der Waals surface area contributed by atoms with E-state index in [-0.39, 0.29) is 13.2 Å². The molecule has 1 N–H and O–H groups in total. The lowest BCUT2D eigenvalue weighted by atomic mass is 10.2. The smallest absolute Gasteiger partial charge is 0.240 e. The van der Waals surface area contributed by atoms with Gasteiger partial charge in [0.25, 0.3) is 0 Å². The van der Waals surface area contributed by atoms with E-state index in [0.717, 1.165) is 12.1 Å². The summed E-state index contributed by atoms with van der Waals surface area (Å²) < 4.78 is 63.8. The second kappa shape index (κ2) is 6.13. The van der Waals surface area contributed by atoms with Gasteiger partial charge in [-0.1, -0.05) is 12.1 Å². The van der Waals surface area contributed by atoms with Gasteiger partial charge >= 0.3 is 0 Å². The van der Waals surface area contributed by atoms with Crippen molar-refractivity contribution in [2.45, 2.75) is 11.0 Å². The van der Waals surface area contributed by atoms with Crippen LogP contribution in [0.2, 0.25) is 0 Å². The van der Waals surface area contributed by atoms with Crippen LogP contribution >= 0.6 is 0 Å². The fourth-order valence-electron chi connectivity index (χ4n) is 2.13. The van der Waals surface area contributed by atoms with Crippen LogP contribution in [0.15, 0.2) is 47.4 Å². The van der Waals surface area contributed by atoms with Crippen molar-refractivity contribution in [1.29, 1.82) is 0 Å². The fourth-order valence-corrected chi connectivity index (χ4v) is 3.24. The number of hydrogen-bond donors (Lipinski definition) is 1. The number of sulfonamides is 1. The first-order chi connectivity index (χ1) is 10.9. The topological polar surface area (TPSA) is 64.6 Å². The van der Waals surface area contributed by atoms with E-state index in [2.05, 4.69) is 4.72 Å². The van der Waals surface area contributed by atoms with Crippen LogP contribution < -0.4 is 14.2 Å². The van der Waals surface area contributed by atoms with Crippen molar-refractivity contribution < 1.29 is 26.7 Å². The average Bonchev–Trinajstić information content (AvgIpc) is 2.52. The molecule has 0 aliphatic carbocycles. The Hall–Kier alpha value is -2.19. The van der Waals surface area contributed by atoms with E-state index in [1.807, 2.05) is 0 Å². The Morgan fingerprint density at radius 1 is 1.09 bits per heavy atom. The summed E-state index contributed by atoms with van der Waals surface area (Å²) in [5.41, 5.74) is 0. The Kier molecular flexibility index (Phi) is 4.18. The summed E-state index contributed by atoms with van der Waals surface area (Å²) in [4.78, 5) is -0.480. The average molecular weight is 341 g/mol. The Balaban J connectivity index is 1.68. The predicted octanol–water partition coefficient (Wildman–Crippen LogP) is 2.08. The maximum atomic E-state index is 13.1. The predicted molar refractivity (Wildman–Crippen MR) is 77.9 cm³/mol. The van der Waals surface area contributed by atoms with Crippen LogP contribution in [0.25, 0.3) is 0 Å². The van der Waals surface area contributed by atoms with Gasteiger partial charge in [-0.15, -0.1) is 0 Å². The highest BCUT2D eigenvalue weighted by Gasteiger charge is 2.24. The van der Waals surface area contributed by atoms with Gasteiger partial charge in [-0.3, -0.25) is 0 Å². The Bertz CT molecular complexity index is 806. The van der Waals surface area contributed by atoms with E-state index >= 15 is 0 Å². The first-order valence-electron chi connectivity index (χ1n) is 6.78. The van der Waals surface area contributed by atoms with Crippen molar-refractivity contribution in [3.05, 3.63) is 54.1 Å². The molecule has 1 unspecified atom stereocenters. The second-order valence-electron chi connectivity index (χ2n) is 4.95. The van der Waals surface area contributed by atoms with Gasteiger partial charge in [0.15, 0.2) is 11.5 Å². The van der Waals surface area contributed by atoms with Crippen LogP contribution in [0, 0.1) is 11.6 Å². The molecule has 5 nitrogen and oxygen atoms in total. The second-order valence-corrected chi connectivity index (χ2v) is 6.72. The lowest BCUT2D eigenvalue weighted by Crippen LogP contribution is -2.40. The minimum absolute atomic E-state index is 0.0885. The van der Waals surface area contributed by atoms with Gasteiger partial charge in [0.05, 0.1) is 11.4 Å². The molecule has 0 saturated heterocycles. The van der Waals surface area contributed by atoms with Crippen LogP contribution in [0.5, 0.6) is 11.5 Å². The highest BCUT2D eigenvalue weighted by Crippen LogP contribution is 2.30. The normalized spacial score (nSPS) is 17.0. The third-order valence-electron chi connectivity index (χ3n) is 3.21. The first kappa shape index (κ1) is 15.7. The zero-order valence-electron chi connectivity index (χ0n) is 11.8. The van der Waals surface area contributed by atoms with E-state index in [4.69, 9.17) is 9.47 Å². The molecule has 1 aliphatic heterocycles. The molecule has 0 amide bonds. The molecular weight excluding hydrogens is 328 g/mol. The molecule has 0 spiro atoms. The Morgan fingerprint density at radius 2 is 1.74 bits per heavy atom. The molecule has 0 fully saturated rings. The molecule has 3 rings (SSSR count). The van der Waals surface area contributed by atoms with Crippen molar-refractivity contribution in [2.24, 2.45) is 0 Å². The first-order valence-corrected chi connectivity index (χ1v) is 8.26. The monoisotopic (exact) mass is 341 g/mol. The number of fused-ring (bicyclic) bond motifs is 1. The van der Waals surface area contributed by atoms with Crippen LogP contribution in [0.1, 0.15) is 0 Å². The summed E-state index contributed by atoms with van der Waals surface area (Å²) in [5.74, 6) is -0.827. The third-order valence-corrected chi connectivity index (χ3v) is 4.62. The lowest BCUT2D eigenvalue weighted by molar-refractivity contribution is 0.0943. The summed E-state index contributed by atoms with van der Waals surface area (Å²) in [6, 6.07) is 9.11. The number of benzene rings is 2. The van der Waals surface area contributed by atoms with Crippen molar-refractivity contribution in [1.82, 2.24) is 4.72 Å². The van der Waals surface area contributed by atoms with Gasteiger partial charge in [-0.2, -0.15) is 0 Å². The van der Waals surface area contributed by atoms with E-state index in [9.17, 15) is 17.2 Å². The van der Waals surface area contributed by atoms with E-state index in [0.29, 0.717) is 17.6 Å². The van der Waals surface area contributed by atoms with Crippen molar-refractivity contribution >= 4 is 10.0 Å². The molecule has 2 aromatic rings. The molecule has 1 aliphatic rings. The molecule has 8 heteroatoms. The van der Waals surface area contributed by atoms with Crippen molar-refractivity contribution in [3.8, 4) is 11.5 Å². The number of hydrogen-bond acceptors (Lipinski definition) is 4. The summed E-state index contributed by atoms with van der Waals surface area (Å²) in [5, 5.41) is 0. The lowest BCUT2D eigenvalue weighted by Gasteiger charge is -2.26. The number of para-hydroxylation sites is 2. The molecule has 122 valence electrons. The van der Waals surface area contributed by atoms with Crippen LogP contribution in [0.3, 0.4) is 0 Å². The molecule has 0 saturated carbocycles. The van der Waals surface area contributed by atoms with Gasteiger partial charge in [-0.05, 0) is 24.3 Å². The van der Waals surface area contributed by atoms with Crippen LogP contribution in [-0.4, -0.2) is 27.7 Å². The number of ether oxygens (including phenoxy) is 2. The molecule has 23 heavy (non-hydrogen) atoms. The molecule has 1 heterocycles. The highest BCUT2D eigenvalue weighted by atomic mass is 32.2. The maximum Gasteiger partial charge on any atom is 0.240 e. The SMILES string of the molecule is O=S(=O)(NCC1COc2ccccc2O1)c1cc(F)cc(F)c1. The van der Waals surface area contributed by atoms with Crippen LogP contribution in [0.4, 0.5) is 8.78 Å². The number of halogens is 2. The van der Waals surface area contributed by atoms with Gasteiger partial charge < -0.3 is 9.47 Å². The zero-order valence-corrected chi connectivity index (χ0v) is 12.6. The zero-order chi connectivity index (χ0) is 16.4. The Labute approximate surface area is 131 Å². The molecule has 2 aromatic carbocycles. The highest BCUT2D eigenvalue weighted by molar-refractivity contribution is 7.89. The van der Waals surface area contributed by atoms with Crippen molar-refractivity contribution in [3.63, 3.8) is 0 Å². The molecule has 0 radical (unpaired) electrons. The molecule has 1 atom stereocenters. The third kappa shape index (κ3) is 3.59. The van der Waals surface area contributed by atoms with Crippen molar-refractivity contribution in [2.75, 3.05) is 13.2 Å². The van der Waals surface area contributed by atoms with E-state index in [1.165, 1.54) is 0 Å². The number of rotatable bonds is 4. The molecule has 0 aromatic heterocycles. The van der Waals surface area contributed by atoms with E-state index < -0.39 is 32.7 Å². The quantitative estimate of drug-likeness (QED) is 0.925. The maximum absolute atomic E-state index is 13.1. The Morgan fingerprint density at radius 3 is 2.43 bits per heavy atom. The van der Waals surface area contributed by atoms with Gasteiger partial charge in [0.2, 0.25) is 10.0 Å². The molecule has 0 bridgehead atoms. The summed E-state index contributed by atoms with van der Waals surface area (Å²) in [7, 11) is -4.05. The summed E-state index contributed by atoms with van der Waals surface area (Å²) in [6.07, 6.45) is -0.543. The standard InChI is InChI=1S/C15H13F2NO4S/c16-10-5-11(17)7-13(6-10)23(19,20)18-8-12-9-21-14-3-1-2-4-15(14)22-12/h1-7,12,18H,8-9H2. The summed E-state index contributed by atoms with van der Waals surface area (Å²) >= 11 is 0. The molecular formula is C15H13F2NO4S. The van der Waals surface area contributed by atoms with Gasteiger partial charge in [-0.25, -0.2) is 21.9 Å². The summed E-state index contributed by atoms with van der Waals surface area (Å²) in [6.45, 7) is 0.0752. The largest absolute Gasteiger partial charge is 0.486 e. The van der Waals surface area contributed by atoms with Gasteiger partial charge in [0.1, 0.15) is 24.3 Å². The van der Waals surface area contributed by atoms with Crippen LogP contribution in [-0.2, 0) is 10.0 Å². The number of nitrogens with one attached hydrogen (secondary N) is 1. The minimum Gasteiger partial charge on any atom is -0.486 e. The van der Waals surface area contributed by atoms with Gasteiger partial charge in [0, 0.05) is 6.07 Å². The fraction of sp³-hybridized carbons (Fsp3) is 0.200. The minimum atomic E-state index is -4.05.